The Balaban J connectivity index is 1.37. The first-order valence-electron chi connectivity index (χ1n) is 16.1. The third-order valence-corrected chi connectivity index (χ3v) is 9.84. The third kappa shape index (κ3) is 5.05. The number of carbonyl (C=O) groups excluding carboxylic acids is 3. The van der Waals surface area contributed by atoms with Crippen LogP contribution in [-0.2, 0) is 43.5 Å². The Labute approximate surface area is 280 Å². The maximum atomic E-state index is 14.6. The normalized spacial score (nSPS) is 21.9. The molecule has 246 valence electrons. The summed E-state index contributed by atoms with van der Waals surface area (Å²) in [6, 6.07) is 19.9. The molecule has 3 aromatic rings. The van der Waals surface area contributed by atoms with Gasteiger partial charge in [0, 0.05) is 28.0 Å². The number of hydrogen-bond donors (Lipinski definition) is 0. The number of rotatable bonds is 9. The lowest BCUT2D eigenvalue weighted by atomic mass is 9.75. The number of fused-ring (bicyclic) bond motifs is 6. The van der Waals surface area contributed by atoms with Crippen LogP contribution in [0.5, 0.6) is 11.5 Å². The highest BCUT2D eigenvalue weighted by Gasteiger charge is 2.54. The van der Waals surface area contributed by atoms with Crippen LogP contribution in [0.3, 0.4) is 0 Å². The second-order valence-corrected chi connectivity index (χ2v) is 12.6. The highest BCUT2D eigenvalue weighted by atomic mass is 16.5. The molecular weight excluding hydrogens is 608 g/mol. The molecule has 1 aliphatic carbocycles. The van der Waals surface area contributed by atoms with Gasteiger partial charge in [-0.2, -0.15) is 0 Å². The largest absolute Gasteiger partial charge is 0.493 e. The minimum atomic E-state index is -0.841. The van der Waals surface area contributed by atoms with Gasteiger partial charge in [-0.15, -0.1) is 0 Å². The molecule has 3 aromatic carbocycles. The van der Waals surface area contributed by atoms with Gasteiger partial charge in [-0.3, -0.25) is 19.3 Å². The number of likely N-dealkylation sites (N-methyl/N-ethyl adjacent to an activating group) is 1. The topological polar surface area (TPSA) is 94.6 Å². The highest BCUT2D eigenvalue weighted by molar-refractivity contribution is 6.26. The molecule has 9 heteroatoms. The van der Waals surface area contributed by atoms with Gasteiger partial charge in [0.05, 0.1) is 45.6 Å². The van der Waals surface area contributed by atoms with Gasteiger partial charge in [0.1, 0.15) is 6.61 Å². The fraction of sp³-hybridized carbons (Fsp3) is 0.308. The number of ether oxygens (including phenoxy) is 4. The maximum Gasteiger partial charge on any atom is 0.245 e. The number of carbonyl (C=O) groups is 3. The van der Waals surface area contributed by atoms with Crippen LogP contribution in [0.1, 0.15) is 40.8 Å². The predicted octanol–water partition coefficient (Wildman–Crippen LogP) is 5.17. The molecular formula is C39H38N2O7. The summed E-state index contributed by atoms with van der Waals surface area (Å²) >= 11 is 0. The van der Waals surface area contributed by atoms with E-state index in [0.29, 0.717) is 30.2 Å². The number of piperazine rings is 1. The molecule has 1 amide bonds. The summed E-state index contributed by atoms with van der Waals surface area (Å²) < 4.78 is 24.2. The average molecular weight is 647 g/mol. The van der Waals surface area contributed by atoms with Crippen LogP contribution >= 0.6 is 0 Å². The Morgan fingerprint density at radius 3 is 2.15 bits per heavy atom. The van der Waals surface area contributed by atoms with Gasteiger partial charge < -0.3 is 23.8 Å². The van der Waals surface area contributed by atoms with Crippen molar-refractivity contribution in [3.8, 4) is 11.5 Å². The van der Waals surface area contributed by atoms with Gasteiger partial charge in [0.15, 0.2) is 23.0 Å². The summed E-state index contributed by atoms with van der Waals surface area (Å²) in [6.45, 7) is 4.18. The van der Waals surface area contributed by atoms with Crippen molar-refractivity contribution in [2.75, 3.05) is 27.9 Å². The van der Waals surface area contributed by atoms with Crippen LogP contribution in [0.4, 0.5) is 0 Å². The number of nitrogens with zero attached hydrogens (tertiary/aromatic N) is 2. The number of benzene rings is 3. The number of allylic oxidation sites excluding steroid dienone is 4. The molecule has 3 atom stereocenters. The Morgan fingerprint density at radius 1 is 0.833 bits per heavy atom. The van der Waals surface area contributed by atoms with Gasteiger partial charge >= 0.3 is 0 Å². The third-order valence-electron chi connectivity index (χ3n) is 9.84. The first kappa shape index (κ1) is 31.6. The van der Waals surface area contributed by atoms with Crippen molar-refractivity contribution in [2.45, 2.75) is 51.6 Å². The van der Waals surface area contributed by atoms with Gasteiger partial charge in [0.2, 0.25) is 11.7 Å². The lowest BCUT2D eigenvalue weighted by Gasteiger charge is -2.53. The van der Waals surface area contributed by atoms with E-state index in [4.69, 9.17) is 18.9 Å². The van der Waals surface area contributed by atoms with Gasteiger partial charge in [-0.05, 0) is 55.6 Å². The standard InChI is InChI=1S/C39H38N2O7/c1-22-16-26-17-29-39(44)41-28(33(40(29)3)31(26)38(36(22)45-4)48-20-25-14-10-7-11-15-25)18-27-32(35(43)37(46-5)23(2)34(27)42)30(41)21-47-19-24-12-8-6-9-13-24/h6-16,18,29-30,33H,17,19-21H2,1-5H3/t29-,30+,33-/m1/s1. The molecule has 7 rings (SSSR count). The van der Waals surface area contributed by atoms with E-state index in [1.807, 2.05) is 79.5 Å². The van der Waals surface area contributed by atoms with Crippen molar-refractivity contribution in [1.82, 2.24) is 9.80 Å². The van der Waals surface area contributed by atoms with E-state index in [0.717, 1.165) is 27.8 Å². The second kappa shape index (κ2) is 12.6. The van der Waals surface area contributed by atoms with Crippen molar-refractivity contribution in [1.29, 1.82) is 0 Å². The van der Waals surface area contributed by atoms with Crippen LogP contribution in [0, 0.1) is 6.92 Å². The monoisotopic (exact) mass is 646 g/mol. The quantitative estimate of drug-likeness (QED) is 0.294. The summed E-state index contributed by atoms with van der Waals surface area (Å²) in [7, 11) is 4.94. The number of Topliss-reactive ketones (excluding diaryl/α,β-unsaturated/α-hetero) is 2. The molecule has 0 saturated carbocycles. The predicted molar refractivity (Wildman–Crippen MR) is 178 cm³/mol. The minimum absolute atomic E-state index is 0.00687. The molecule has 0 spiro atoms. The summed E-state index contributed by atoms with van der Waals surface area (Å²) in [5.74, 6) is 0.337. The summed E-state index contributed by atoms with van der Waals surface area (Å²) in [5, 5.41) is 0. The first-order valence-corrected chi connectivity index (χ1v) is 16.1. The maximum absolute atomic E-state index is 14.6. The lowest BCUT2D eigenvalue weighted by molar-refractivity contribution is -0.144. The first-order chi connectivity index (χ1) is 23.2. The fourth-order valence-electron chi connectivity index (χ4n) is 7.56. The highest BCUT2D eigenvalue weighted by Crippen LogP contribution is 2.53. The van der Waals surface area contributed by atoms with E-state index in [9.17, 15) is 14.4 Å². The van der Waals surface area contributed by atoms with Gasteiger partial charge in [-0.1, -0.05) is 66.7 Å². The van der Waals surface area contributed by atoms with E-state index in [1.165, 1.54) is 7.11 Å². The molecule has 0 radical (unpaired) electrons. The van der Waals surface area contributed by atoms with E-state index < -0.39 is 23.9 Å². The Morgan fingerprint density at radius 2 is 1.50 bits per heavy atom. The van der Waals surface area contributed by atoms with Crippen molar-refractivity contribution >= 4 is 17.5 Å². The van der Waals surface area contributed by atoms with Crippen molar-refractivity contribution < 1.29 is 33.3 Å². The van der Waals surface area contributed by atoms with Crippen molar-refractivity contribution in [2.24, 2.45) is 0 Å². The zero-order valence-electron chi connectivity index (χ0n) is 27.7. The minimum Gasteiger partial charge on any atom is -0.493 e. The number of hydrogen-bond acceptors (Lipinski definition) is 8. The Bertz CT molecular complexity index is 1910. The molecule has 9 nitrogen and oxygen atoms in total. The van der Waals surface area contributed by atoms with Crippen LogP contribution in [0.25, 0.3) is 0 Å². The molecule has 3 aliphatic heterocycles. The van der Waals surface area contributed by atoms with Crippen molar-refractivity contribution in [3.05, 3.63) is 129 Å². The molecule has 0 N–H and O–H groups in total. The Hall–Kier alpha value is -4.99. The molecule has 0 unspecified atom stereocenters. The molecule has 1 saturated heterocycles. The summed E-state index contributed by atoms with van der Waals surface area (Å²) in [4.78, 5) is 46.3. The lowest BCUT2D eigenvalue weighted by Crippen LogP contribution is -2.63. The molecule has 3 heterocycles. The van der Waals surface area contributed by atoms with E-state index in [1.54, 1.807) is 25.0 Å². The van der Waals surface area contributed by atoms with Crippen molar-refractivity contribution in [3.63, 3.8) is 0 Å². The number of aryl methyl sites for hydroxylation is 1. The summed E-state index contributed by atoms with van der Waals surface area (Å²) in [6.07, 6.45) is 2.16. The van der Waals surface area contributed by atoms with Crippen LogP contribution in [0.2, 0.25) is 0 Å². The van der Waals surface area contributed by atoms with Gasteiger partial charge in [0.25, 0.3) is 0 Å². The van der Waals surface area contributed by atoms with Crippen LogP contribution < -0.4 is 9.47 Å². The Kier molecular flexibility index (Phi) is 8.27. The van der Waals surface area contributed by atoms with Crippen LogP contribution in [0.15, 0.2) is 101 Å². The van der Waals surface area contributed by atoms with Gasteiger partial charge in [-0.25, -0.2) is 0 Å². The zero-order chi connectivity index (χ0) is 33.7. The second-order valence-electron chi connectivity index (χ2n) is 12.6. The smallest absolute Gasteiger partial charge is 0.245 e. The number of amides is 1. The average Bonchev–Trinajstić information content (AvgIpc) is 3.09. The zero-order valence-corrected chi connectivity index (χ0v) is 27.7. The molecule has 48 heavy (non-hydrogen) atoms. The summed E-state index contributed by atoms with van der Waals surface area (Å²) in [5.41, 5.74) is 6.03. The molecule has 1 fully saturated rings. The molecule has 4 aliphatic rings. The number of ketones is 2. The number of methoxy groups -OCH3 is 2. The fourth-order valence-corrected chi connectivity index (χ4v) is 7.56. The SMILES string of the molecule is COC1=C(C)C(=O)C2=C(C1=O)[C@H](COCc1ccccc1)N1C(=O)[C@H]3Cc4cc(C)c(OC)c(OCc5ccccc5)c4[C@@H](C1=C2)N3C. The van der Waals surface area contributed by atoms with Crippen LogP contribution in [-0.4, -0.2) is 67.2 Å². The van der Waals surface area contributed by atoms with E-state index in [-0.39, 0.29) is 47.4 Å². The van der Waals surface area contributed by atoms with E-state index >= 15 is 0 Å². The molecule has 2 bridgehead atoms. The van der Waals surface area contributed by atoms with E-state index in [2.05, 4.69) is 6.07 Å². The molecule has 0 aromatic heterocycles.